The molecule has 5 rings (SSSR count). The lowest BCUT2D eigenvalue weighted by Gasteiger charge is -2.26. The molecule has 35 heavy (non-hydrogen) atoms. The summed E-state index contributed by atoms with van der Waals surface area (Å²) >= 11 is 0. The summed E-state index contributed by atoms with van der Waals surface area (Å²) < 4.78 is 49.0. The number of aryl methyl sites for hydroxylation is 1. The standard InChI is InChI=1S/C23H24F3N7O2/c1-14-27-12-19(33(14)16-4-8-35-9-5-16)20-17(24)11-29-22(31-20)30-15-2-3-18(28-10-15)21(34)32-7-6-23(25,26)13-32/h2-3,10-12,16H,4-9,13H2,1H3,(H,29,30,31). The molecule has 0 atom stereocenters. The number of amides is 1. The van der Waals surface area contributed by atoms with Gasteiger partial charge in [0, 0.05) is 32.2 Å². The molecule has 0 saturated carbocycles. The molecule has 5 heterocycles. The van der Waals surface area contributed by atoms with E-state index in [1.807, 2.05) is 11.5 Å². The summed E-state index contributed by atoms with van der Waals surface area (Å²) in [5.74, 6) is -3.09. The van der Waals surface area contributed by atoms with Gasteiger partial charge in [0.05, 0.1) is 36.5 Å². The average Bonchev–Trinajstić information content (AvgIpc) is 3.42. The zero-order chi connectivity index (χ0) is 24.6. The van der Waals surface area contributed by atoms with Crippen LogP contribution in [0.1, 0.15) is 41.6 Å². The molecule has 2 fully saturated rings. The van der Waals surface area contributed by atoms with Gasteiger partial charge >= 0.3 is 0 Å². The van der Waals surface area contributed by atoms with Crippen molar-refractivity contribution < 1.29 is 22.7 Å². The van der Waals surface area contributed by atoms with E-state index in [0.717, 1.165) is 29.8 Å². The smallest absolute Gasteiger partial charge is 0.272 e. The van der Waals surface area contributed by atoms with Crippen LogP contribution < -0.4 is 5.32 Å². The molecule has 0 aliphatic carbocycles. The number of rotatable bonds is 5. The summed E-state index contributed by atoms with van der Waals surface area (Å²) in [5.41, 5.74) is 1.19. The third-order valence-corrected chi connectivity index (χ3v) is 6.22. The molecule has 2 saturated heterocycles. The van der Waals surface area contributed by atoms with Gasteiger partial charge in [0.15, 0.2) is 5.82 Å². The molecule has 0 unspecified atom stereocenters. The summed E-state index contributed by atoms with van der Waals surface area (Å²) in [6.07, 6.45) is 5.31. The van der Waals surface area contributed by atoms with E-state index in [-0.39, 0.29) is 36.3 Å². The molecule has 9 nitrogen and oxygen atoms in total. The Kier molecular flexibility index (Phi) is 6.13. The van der Waals surface area contributed by atoms with Crippen LogP contribution in [0.5, 0.6) is 0 Å². The Labute approximate surface area is 199 Å². The highest BCUT2D eigenvalue weighted by atomic mass is 19.3. The van der Waals surface area contributed by atoms with Gasteiger partial charge in [-0.3, -0.25) is 4.79 Å². The number of hydrogen-bond donors (Lipinski definition) is 1. The predicted octanol–water partition coefficient (Wildman–Crippen LogP) is 3.76. The number of hydrogen-bond acceptors (Lipinski definition) is 7. The van der Waals surface area contributed by atoms with E-state index >= 15 is 0 Å². The minimum absolute atomic E-state index is 0.0103. The van der Waals surface area contributed by atoms with E-state index < -0.39 is 24.2 Å². The van der Waals surface area contributed by atoms with E-state index in [9.17, 15) is 18.0 Å². The van der Waals surface area contributed by atoms with Gasteiger partial charge in [-0.25, -0.2) is 33.1 Å². The van der Waals surface area contributed by atoms with Crippen LogP contribution in [0.15, 0.2) is 30.7 Å². The highest BCUT2D eigenvalue weighted by molar-refractivity contribution is 5.92. The molecule has 3 aromatic heterocycles. The van der Waals surface area contributed by atoms with Crippen LogP contribution in [0, 0.1) is 12.7 Å². The van der Waals surface area contributed by atoms with Gasteiger partial charge in [0.25, 0.3) is 11.8 Å². The fraction of sp³-hybridized carbons (Fsp3) is 0.435. The van der Waals surface area contributed by atoms with E-state index in [0.29, 0.717) is 24.6 Å². The van der Waals surface area contributed by atoms with Crippen LogP contribution in [-0.2, 0) is 4.74 Å². The maximum Gasteiger partial charge on any atom is 0.272 e. The Morgan fingerprint density at radius 1 is 1.14 bits per heavy atom. The third-order valence-electron chi connectivity index (χ3n) is 6.22. The number of carbonyl (C=O) groups excluding carboxylic acids is 1. The van der Waals surface area contributed by atoms with Crippen molar-refractivity contribution in [2.75, 3.05) is 31.6 Å². The molecular weight excluding hydrogens is 463 g/mol. The zero-order valence-corrected chi connectivity index (χ0v) is 19.0. The summed E-state index contributed by atoms with van der Waals surface area (Å²) in [4.78, 5) is 30.4. The lowest BCUT2D eigenvalue weighted by molar-refractivity contribution is 0.0119. The number of carbonyl (C=O) groups is 1. The SMILES string of the molecule is Cc1ncc(-c2nc(Nc3ccc(C(=O)N4CCC(F)(F)C4)nc3)ncc2F)n1C1CCOCC1. The number of alkyl halides is 2. The van der Waals surface area contributed by atoms with E-state index in [2.05, 4.69) is 25.3 Å². The Morgan fingerprint density at radius 2 is 1.94 bits per heavy atom. The highest BCUT2D eigenvalue weighted by Crippen LogP contribution is 2.31. The van der Waals surface area contributed by atoms with Crippen molar-refractivity contribution in [2.45, 2.75) is 38.2 Å². The number of aromatic nitrogens is 5. The number of ether oxygens (including phenoxy) is 1. The molecule has 184 valence electrons. The maximum atomic E-state index is 14.8. The van der Waals surface area contributed by atoms with Gasteiger partial charge in [-0.05, 0) is 31.9 Å². The number of imidazole rings is 1. The number of likely N-dealkylation sites (tertiary alicyclic amines) is 1. The number of nitrogens with one attached hydrogen (secondary N) is 1. The molecule has 0 bridgehead atoms. The maximum absolute atomic E-state index is 14.8. The quantitative estimate of drug-likeness (QED) is 0.585. The predicted molar refractivity (Wildman–Crippen MR) is 120 cm³/mol. The van der Waals surface area contributed by atoms with Crippen LogP contribution in [0.4, 0.5) is 24.8 Å². The zero-order valence-electron chi connectivity index (χ0n) is 19.0. The minimum atomic E-state index is -2.87. The summed E-state index contributed by atoms with van der Waals surface area (Å²) in [5, 5.41) is 2.95. The largest absolute Gasteiger partial charge is 0.381 e. The Balaban J connectivity index is 1.34. The van der Waals surface area contributed by atoms with Gasteiger partial charge in [-0.2, -0.15) is 0 Å². The molecule has 0 radical (unpaired) electrons. The first-order valence-electron chi connectivity index (χ1n) is 11.4. The highest BCUT2D eigenvalue weighted by Gasteiger charge is 2.40. The Hall–Kier alpha value is -3.54. The lowest BCUT2D eigenvalue weighted by atomic mass is 10.1. The van der Waals surface area contributed by atoms with Crippen molar-refractivity contribution in [3.05, 3.63) is 48.1 Å². The number of nitrogens with zero attached hydrogens (tertiary/aromatic N) is 6. The van der Waals surface area contributed by atoms with Gasteiger partial charge in [-0.1, -0.05) is 0 Å². The second kappa shape index (κ2) is 9.25. The number of pyridine rings is 1. The van der Waals surface area contributed by atoms with E-state index in [1.165, 1.54) is 12.3 Å². The van der Waals surface area contributed by atoms with Crippen molar-refractivity contribution in [2.24, 2.45) is 0 Å². The van der Waals surface area contributed by atoms with Gasteiger partial charge in [0.2, 0.25) is 5.95 Å². The molecule has 2 aliphatic rings. The molecular formula is C23H24F3N7O2. The van der Waals surface area contributed by atoms with E-state index in [4.69, 9.17) is 4.74 Å². The minimum Gasteiger partial charge on any atom is -0.381 e. The molecule has 2 aliphatic heterocycles. The van der Waals surface area contributed by atoms with Crippen molar-refractivity contribution in [3.8, 4) is 11.4 Å². The second-order valence-electron chi connectivity index (χ2n) is 8.68. The van der Waals surface area contributed by atoms with Crippen molar-refractivity contribution in [1.29, 1.82) is 0 Å². The summed E-state index contributed by atoms with van der Waals surface area (Å²) in [7, 11) is 0. The molecule has 0 spiro atoms. The Bertz CT molecular complexity index is 1230. The van der Waals surface area contributed by atoms with Crippen LogP contribution in [0.25, 0.3) is 11.4 Å². The molecule has 12 heteroatoms. The monoisotopic (exact) mass is 487 g/mol. The summed E-state index contributed by atoms with van der Waals surface area (Å²) in [6, 6.07) is 3.14. The first kappa shape index (κ1) is 23.2. The molecule has 1 N–H and O–H groups in total. The normalized spacial score (nSPS) is 18.1. The lowest BCUT2D eigenvalue weighted by Crippen LogP contribution is -2.31. The molecule has 0 aromatic carbocycles. The number of anilines is 2. The Morgan fingerprint density at radius 3 is 2.63 bits per heavy atom. The van der Waals surface area contributed by atoms with Crippen LogP contribution in [0.3, 0.4) is 0 Å². The van der Waals surface area contributed by atoms with E-state index in [1.54, 1.807) is 12.3 Å². The fourth-order valence-corrected chi connectivity index (χ4v) is 4.43. The van der Waals surface area contributed by atoms with Crippen LogP contribution >= 0.6 is 0 Å². The molecule has 1 amide bonds. The van der Waals surface area contributed by atoms with Gasteiger partial charge in [0.1, 0.15) is 17.2 Å². The second-order valence-corrected chi connectivity index (χ2v) is 8.68. The third kappa shape index (κ3) is 4.83. The first-order valence-corrected chi connectivity index (χ1v) is 11.4. The molecule has 3 aromatic rings. The van der Waals surface area contributed by atoms with Crippen molar-refractivity contribution in [3.63, 3.8) is 0 Å². The van der Waals surface area contributed by atoms with Gasteiger partial charge < -0.3 is 19.5 Å². The van der Waals surface area contributed by atoms with Crippen LogP contribution in [-0.4, -0.2) is 67.5 Å². The topological polar surface area (TPSA) is 98.1 Å². The fourth-order valence-electron chi connectivity index (χ4n) is 4.43. The van der Waals surface area contributed by atoms with Crippen LogP contribution in [0.2, 0.25) is 0 Å². The summed E-state index contributed by atoms with van der Waals surface area (Å²) in [6.45, 7) is 2.52. The first-order chi connectivity index (χ1) is 16.8. The number of halogens is 3. The van der Waals surface area contributed by atoms with Gasteiger partial charge in [-0.15, -0.1) is 0 Å². The van der Waals surface area contributed by atoms with Crippen molar-refractivity contribution >= 4 is 17.5 Å². The average molecular weight is 487 g/mol. The van der Waals surface area contributed by atoms with Crippen molar-refractivity contribution in [1.82, 2.24) is 29.4 Å².